The summed E-state index contributed by atoms with van der Waals surface area (Å²) in [4.78, 5) is 20.6. The first-order valence-corrected chi connectivity index (χ1v) is 18.1. The first-order chi connectivity index (χ1) is 22.8. The summed E-state index contributed by atoms with van der Waals surface area (Å²) >= 11 is 0. The van der Waals surface area contributed by atoms with Gasteiger partial charge in [0.2, 0.25) is 0 Å². The van der Waals surface area contributed by atoms with E-state index in [9.17, 15) is 34.8 Å². The minimum absolute atomic E-state index is 0.0230. The van der Waals surface area contributed by atoms with E-state index in [0.717, 1.165) is 43.5 Å². The van der Waals surface area contributed by atoms with E-state index in [0.29, 0.717) is 37.8 Å². The van der Waals surface area contributed by atoms with E-state index in [1.165, 1.54) is 24.4 Å². The van der Waals surface area contributed by atoms with Crippen molar-refractivity contribution in [2.24, 2.45) is 0 Å². The number of rotatable bonds is 9. The number of fused-ring (bicyclic) bond motifs is 1. The molecule has 1 aliphatic heterocycles. The van der Waals surface area contributed by atoms with E-state index in [-0.39, 0.29) is 34.8 Å². The number of hydrogen-bond acceptors (Lipinski definition) is 10. The van der Waals surface area contributed by atoms with Crippen LogP contribution < -0.4 is 14.8 Å². The summed E-state index contributed by atoms with van der Waals surface area (Å²) in [7, 11) is -10.9. The van der Waals surface area contributed by atoms with Crippen LogP contribution in [0.25, 0.3) is 11.0 Å². The van der Waals surface area contributed by atoms with Crippen LogP contribution in [0.1, 0.15) is 36.0 Å². The number of aromatic nitrogens is 2. The fourth-order valence-electron chi connectivity index (χ4n) is 5.97. The van der Waals surface area contributed by atoms with Gasteiger partial charge in [0.1, 0.15) is 22.0 Å². The smallest absolute Gasteiger partial charge is 0.455 e. The molecule has 2 aromatic heterocycles. The maximum absolute atomic E-state index is 13.8. The van der Waals surface area contributed by atoms with Crippen LogP contribution in [0.4, 0.5) is 18.9 Å². The lowest BCUT2D eigenvalue weighted by Crippen LogP contribution is -2.46. The number of morpholine rings is 1. The second-order valence-corrected chi connectivity index (χ2v) is 15.1. The van der Waals surface area contributed by atoms with Crippen molar-refractivity contribution >= 4 is 42.5 Å². The van der Waals surface area contributed by atoms with Gasteiger partial charge in [-0.05, 0) is 68.1 Å². The molecule has 0 bridgehead atoms. The Bertz CT molecular complexity index is 2020. The fourth-order valence-corrected chi connectivity index (χ4v) is 7.98. The molecular formula is C31H32F3N5O7S2. The number of hydrogen-bond donors (Lipinski definition) is 3. The number of amides is 1. The van der Waals surface area contributed by atoms with Gasteiger partial charge in [-0.3, -0.25) is 9.69 Å². The molecule has 2 aliphatic rings. The zero-order chi connectivity index (χ0) is 34.1. The van der Waals surface area contributed by atoms with Crippen LogP contribution in [0.15, 0.2) is 76.8 Å². The van der Waals surface area contributed by atoms with Crippen molar-refractivity contribution in [1.29, 1.82) is 0 Å². The fraction of sp³-hybridized carbons (Fsp3) is 0.355. The monoisotopic (exact) mass is 707 g/mol. The molecule has 2 aromatic carbocycles. The molecule has 2 fully saturated rings. The summed E-state index contributed by atoms with van der Waals surface area (Å²) in [5.74, 6) is -0.921. The van der Waals surface area contributed by atoms with Crippen molar-refractivity contribution in [3.8, 4) is 11.5 Å². The number of H-pyrrole nitrogens is 1. The van der Waals surface area contributed by atoms with Crippen molar-refractivity contribution in [3.05, 3.63) is 72.6 Å². The number of alkyl halides is 3. The third kappa shape index (κ3) is 7.13. The Morgan fingerprint density at radius 2 is 1.71 bits per heavy atom. The molecule has 0 atom stereocenters. The molecule has 3 heterocycles. The van der Waals surface area contributed by atoms with Crippen LogP contribution in [-0.2, 0) is 24.6 Å². The predicted molar refractivity (Wildman–Crippen MR) is 169 cm³/mol. The largest absolute Gasteiger partial charge is 0.501 e. The van der Waals surface area contributed by atoms with Crippen LogP contribution in [0.2, 0.25) is 0 Å². The Morgan fingerprint density at radius 1 is 0.979 bits per heavy atom. The third-order valence-electron chi connectivity index (χ3n) is 8.44. The Hall–Kier alpha value is -4.19. The number of nitrogens with zero attached hydrogens (tertiary/aromatic N) is 2. The van der Waals surface area contributed by atoms with Gasteiger partial charge in [-0.2, -0.15) is 13.2 Å². The zero-order valence-corrected chi connectivity index (χ0v) is 27.0. The molecular weight excluding hydrogens is 675 g/mol. The lowest BCUT2D eigenvalue weighted by atomic mass is 9.90. The van der Waals surface area contributed by atoms with Crippen LogP contribution in [0.5, 0.6) is 11.5 Å². The average Bonchev–Trinajstić information content (AvgIpc) is 3.53. The number of carbonyl (C=O) groups is 1. The Balaban J connectivity index is 1.22. The lowest BCUT2D eigenvalue weighted by Gasteiger charge is -2.39. The average molecular weight is 708 g/mol. The highest BCUT2D eigenvalue weighted by Crippen LogP contribution is 2.37. The number of anilines is 1. The zero-order valence-electron chi connectivity index (χ0n) is 25.4. The molecule has 1 aliphatic carbocycles. The highest BCUT2D eigenvalue weighted by Gasteiger charge is 2.48. The van der Waals surface area contributed by atoms with Crippen molar-refractivity contribution in [1.82, 2.24) is 19.6 Å². The third-order valence-corrected chi connectivity index (χ3v) is 11.3. The molecule has 6 rings (SSSR count). The van der Waals surface area contributed by atoms with E-state index >= 15 is 0 Å². The second-order valence-electron chi connectivity index (χ2n) is 11.5. The molecule has 1 amide bonds. The topological polar surface area (TPSA) is 160 Å². The van der Waals surface area contributed by atoms with Crippen LogP contribution >= 0.6 is 0 Å². The van der Waals surface area contributed by atoms with Gasteiger partial charge in [0.05, 0.1) is 35.6 Å². The predicted octanol–water partition coefficient (Wildman–Crippen LogP) is 4.82. The van der Waals surface area contributed by atoms with E-state index in [2.05, 4.69) is 20.2 Å². The molecule has 1 saturated carbocycles. The molecule has 48 heavy (non-hydrogen) atoms. The molecule has 0 unspecified atom stereocenters. The number of halogens is 3. The van der Waals surface area contributed by atoms with Crippen LogP contribution in [0.3, 0.4) is 0 Å². The second kappa shape index (κ2) is 13.4. The minimum atomic E-state index is -5.99. The van der Waals surface area contributed by atoms with Crippen molar-refractivity contribution in [2.75, 3.05) is 31.6 Å². The number of nitrogens with one attached hydrogen (secondary N) is 3. The number of carbonyl (C=O) groups excluding carboxylic acids is 1. The number of aromatic amines is 1. The number of pyridine rings is 1. The van der Waals surface area contributed by atoms with Gasteiger partial charge < -0.3 is 19.8 Å². The van der Waals surface area contributed by atoms with Crippen molar-refractivity contribution < 1.29 is 44.3 Å². The van der Waals surface area contributed by atoms with Gasteiger partial charge in [-0.1, -0.05) is 12.1 Å². The number of para-hydroxylation sites is 1. The summed E-state index contributed by atoms with van der Waals surface area (Å²) < 4.78 is 106. The number of sulfonamides is 1. The van der Waals surface area contributed by atoms with Crippen molar-refractivity contribution in [3.63, 3.8) is 0 Å². The van der Waals surface area contributed by atoms with E-state index in [1.807, 2.05) is 4.72 Å². The standard InChI is InChI=1S/C31H32F3N5O7S2/c32-31(33,34)47(41,42)28-18-24(9-10-26(28)37-21-5-7-22(8-6-21)39-13-15-45-16-14-39)48(43,44)38-30(40)25-3-1-2-4-27(25)46-23-17-20-11-12-35-29(20)36-19-23/h1-4,9-12,17-19,21-22,37H,5-8,13-16H2,(H,35,36)(H,38,40). The summed E-state index contributed by atoms with van der Waals surface area (Å²) in [5, 5.41) is 3.63. The summed E-state index contributed by atoms with van der Waals surface area (Å²) in [6, 6.07) is 11.4. The summed E-state index contributed by atoms with van der Waals surface area (Å²) in [6.07, 6.45) is 5.72. The molecule has 1 saturated heterocycles. The first kappa shape index (κ1) is 33.7. The highest BCUT2D eigenvalue weighted by molar-refractivity contribution is 7.92. The van der Waals surface area contributed by atoms with Gasteiger partial charge in [0.25, 0.3) is 25.8 Å². The van der Waals surface area contributed by atoms with Gasteiger partial charge >= 0.3 is 5.51 Å². The molecule has 256 valence electrons. The molecule has 12 nitrogen and oxygen atoms in total. The molecule has 0 spiro atoms. The number of sulfone groups is 1. The lowest BCUT2D eigenvalue weighted by molar-refractivity contribution is -0.0435. The molecule has 0 radical (unpaired) electrons. The van der Waals surface area contributed by atoms with Crippen LogP contribution in [0, 0.1) is 0 Å². The highest BCUT2D eigenvalue weighted by atomic mass is 32.2. The quantitative estimate of drug-likeness (QED) is 0.220. The molecule has 17 heteroatoms. The minimum Gasteiger partial charge on any atom is -0.455 e. The van der Waals surface area contributed by atoms with E-state index < -0.39 is 41.1 Å². The van der Waals surface area contributed by atoms with Crippen molar-refractivity contribution in [2.45, 2.75) is 53.1 Å². The van der Waals surface area contributed by atoms with Crippen LogP contribution in [-0.4, -0.2) is 81.5 Å². The molecule has 4 aromatic rings. The Morgan fingerprint density at radius 3 is 2.44 bits per heavy atom. The molecule has 3 N–H and O–H groups in total. The van der Waals surface area contributed by atoms with Gasteiger partial charge in [-0.25, -0.2) is 26.5 Å². The van der Waals surface area contributed by atoms with Gasteiger partial charge in [0.15, 0.2) is 0 Å². The van der Waals surface area contributed by atoms with Gasteiger partial charge in [0, 0.05) is 36.8 Å². The maximum Gasteiger partial charge on any atom is 0.501 e. The summed E-state index contributed by atoms with van der Waals surface area (Å²) in [5.41, 5.74) is -5.69. The Kier molecular flexibility index (Phi) is 9.39. The first-order valence-electron chi connectivity index (χ1n) is 15.1. The Labute approximate surface area is 274 Å². The summed E-state index contributed by atoms with van der Waals surface area (Å²) in [6.45, 7) is 2.86. The SMILES string of the molecule is O=C(NS(=O)(=O)c1ccc(NC2CCC(N3CCOCC3)CC2)c(S(=O)(=O)C(F)(F)F)c1)c1ccccc1Oc1cnc2[nH]ccc2c1. The van der Waals surface area contributed by atoms with E-state index in [1.54, 1.807) is 24.4 Å². The van der Waals surface area contributed by atoms with E-state index in [4.69, 9.17) is 9.47 Å². The number of benzene rings is 2. The number of ether oxygens (including phenoxy) is 2. The maximum atomic E-state index is 13.8. The van der Waals surface area contributed by atoms with Gasteiger partial charge in [-0.15, -0.1) is 0 Å². The normalized spacial score (nSPS) is 19.6.